The van der Waals surface area contributed by atoms with Gasteiger partial charge in [-0.1, -0.05) is 56.7 Å². The third-order valence-electron chi connectivity index (χ3n) is 3.16. The molecule has 80 valence electrons. The molecule has 2 aliphatic carbocycles. The predicted octanol–water partition coefficient (Wildman–Crippen LogP) is 4.60. The fourth-order valence-corrected chi connectivity index (χ4v) is 2.59. The lowest BCUT2D eigenvalue weighted by atomic mass is 9.73. The van der Waals surface area contributed by atoms with Crippen LogP contribution in [0.2, 0.25) is 0 Å². The molecular weight excluding hydrogens is 204 g/mol. The molecule has 0 aromatic heterocycles. The van der Waals surface area contributed by atoms with Gasteiger partial charge in [-0.3, -0.25) is 0 Å². The molecule has 1 atom stereocenters. The van der Waals surface area contributed by atoms with Gasteiger partial charge >= 0.3 is 0 Å². The van der Waals surface area contributed by atoms with Gasteiger partial charge in [0.25, 0.3) is 0 Å². The number of fused-ring (bicyclic) bond motifs is 1. The van der Waals surface area contributed by atoms with Crippen molar-refractivity contribution in [2.24, 2.45) is 11.3 Å². The maximum absolute atomic E-state index is 6.28. The number of hydrogen-bond acceptors (Lipinski definition) is 0. The van der Waals surface area contributed by atoms with E-state index in [4.69, 9.17) is 11.6 Å². The highest BCUT2D eigenvalue weighted by atomic mass is 35.5. The number of allylic oxidation sites excluding steroid dienone is 8. The summed E-state index contributed by atoms with van der Waals surface area (Å²) in [6, 6.07) is 0. The largest absolute Gasteiger partial charge is 0.0840 e. The maximum atomic E-state index is 6.28. The minimum absolute atomic E-state index is 0.259. The quantitative estimate of drug-likeness (QED) is 0.560. The van der Waals surface area contributed by atoms with Gasteiger partial charge in [0.1, 0.15) is 0 Å². The van der Waals surface area contributed by atoms with Crippen LogP contribution in [0.3, 0.4) is 0 Å². The fraction of sp³-hybridized carbons (Fsp3) is 0.429. The molecule has 0 amide bonds. The Hall–Kier alpha value is -0.750. The first-order chi connectivity index (χ1) is 7.00. The maximum Gasteiger partial charge on any atom is 0.0447 e. The van der Waals surface area contributed by atoms with Gasteiger partial charge in [-0.2, -0.15) is 0 Å². The minimum atomic E-state index is 0.259. The van der Waals surface area contributed by atoms with E-state index in [-0.39, 0.29) is 5.41 Å². The van der Waals surface area contributed by atoms with Crippen LogP contribution in [0, 0.1) is 11.3 Å². The molecule has 0 radical (unpaired) electrons. The van der Waals surface area contributed by atoms with Gasteiger partial charge < -0.3 is 0 Å². The van der Waals surface area contributed by atoms with Crippen molar-refractivity contribution in [3.63, 3.8) is 0 Å². The molecule has 0 aromatic carbocycles. The molecular formula is C14H17Cl. The van der Waals surface area contributed by atoms with Crippen LogP contribution in [0.25, 0.3) is 0 Å². The molecule has 0 aromatic rings. The summed E-state index contributed by atoms with van der Waals surface area (Å²) in [4.78, 5) is 0. The smallest absolute Gasteiger partial charge is 0.0447 e. The van der Waals surface area contributed by atoms with Gasteiger partial charge in [0.15, 0.2) is 0 Å². The van der Waals surface area contributed by atoms with Crippen LogP contribution in [0.15, 0.2) is 46.6 Å². The van der Waals surface area contributed by atoms with E-state index in [9.17, 15) is 0 Å². The Kier molecular flexibility index (Phi) is 2.64. The Bertz CT molecular complexity index is 386. The van der Waals surface area contributed by atoms with Gasteiger partial charge in [0, 0.05) is 5.03 Å². The number of rotatable bonds is 0. The molecule has 0 heterocycles. The molecule has 0 bridgehead atoms. The molecule has 1 heteroatoms. The van der Waals surface area contributed by atoms with Crippen molar-refractivity contribution in [2.75, 3.05) is 0 Å². The lowest BCUT2D eigenvalue weighted by molar-refractivity contribution is 0.285. The van der Waals surface area contributed by atoms with Crippen LogP contribution in [0.1, 0.15) is 27.2 Å². The van der Waals surface area contributed by atoms with Crippen molar-refractivity contribution in [1.82, 2.24) is 0 Å². The van der Waals surface area contributed by atoms with Crippen LogP contribution in [0.4, 0.5) is 0 Å². The lowest BCUT2D eigenvalue weighted by Gasteiger charge is -2.31. The van der Waals surface area contributed by atoms with Gasteiger partial charge in [-0.15, -0.1) is 0 Å². The van der Waals surface area contributed by atoms with E-state index in [1.807, 2.05) is 6.08 Å². The topological polar surface area (TPSA) is 0 Å². The van der Waals surface area contributed by atoms with E-state index >= 15 is 0 Å². The van der Waals surface area contributed by atoms with E-state index in [0.717, 1.165) is 11.5 Å². The van der Waals surface area contributed by atoms with Crippen molar-refractivity contribution in [2.45, 2.75) is 27.2 Å². The molecule has 1 unspecified atom stereocenters. The monoisotopic (exact) mass is 220 g/mol. The molecule has 0 spiro atoms. The van der Waals surface area contributed by atoms with E-state index < -0.39 is 0 Å². The van der Waals surface area contributed by atoms with Crippen LogP contribution in [-0.4, -0.2) is 0 Å². The first-order valence-corrected chi connectivity index (χ1v) is 5.83. The van der Waals surface area contributed by atoms with Crippen LogP contribution in [-0.2, 0) is 0 Å². The SMILES string of the molecule is CC(C)(C)C1CC=CC=C2C=CC(Cl)=C21. The molecule has 2 rings (SSSR count). The second-order valence-electron chi connectivity index (χ2n) is 5.30. The van der Waals surface area contributed by atoms with Crippen molar-refractivity contribution < 1.29 is 0 Å². The Morgan fingerprint density at radius 3 is 2.67 bits per heavy atom. The standard InChI is InChI=1S/C14H17Cl/c1-14(2,3)11-7-5-4-6-10-8-9-12(15)13(10)11/h4-6,8-9,11H,7H2,1-3H3. The normalized spacial score (nSPS) is 25.3. The summed E-state index contributed by atoms with van der Waals surface area (Å²) in [6.45, 7) is 6.85. The van der Waals surface area contributed by atoms with E-state index in [2.05, 4.69) is 45.1 Å². The van der Waals surface area contributed by atoms with E-state index in [1.165, 1.54) is 11.1 Å². The molecule has 0 saturated carbocycles. The zero-order valence-corrected chi connectivity index (χ0v) is 10.3. The third kappa shape index (κ3) is 1.96. The highest BCUT2D eigenvalue weighted by Crippen LogP contribution is 2.44. The van der Waals surface area contributed by atoms with Gasteiger partial charge in [-0.25, -0.2) is 0 Å². The summed E-state index contributed by atoms with van der Waals surface area (Å²) in [7, 11) is 0. The van der Waals surface area contributed by atoms with Gasteiger partial charge in [-0.05, 0) is 35.0 Å². The molecule has 2 aliphatic rings. The lowest BCUT2D eigenvalue weighted by Crippen LogP contribution is -2.22. The van der Waals surface area contributed by atoms with Gasteiger partial charge in [0.05, 0.1) is 0 Å². The zero-order chi connectivity index (χ0) is 11.1. The van der Waals surface area contributed by atoms with Crippen molar-refractivity contribution in [3.05, 3.63) is 46.6 Å². The average Bonchev–Trinajstić information content (AvgIpc) is 2.37. The van der Waals surface area contributed by atoms with Crippen LogP contribution >= 0.6 is 11.6 Å². The van der Waals surface area contributed by atoms with Crippen molar-refractivity contribution in [1.29, 1.82) is 0 Å². The van der Waals surface area contributed by atoms with E-state index in [1.54, 1.807) is 0 Å². The van der Waals surface area contributed by atoms with E-state index in [0.29, 0.717) is 5.92 Å². The highest BCUT2D eigenvalue weighted by molar-refractivity contribution is 6.32. The molecule has 0 nitrogen and oxygen atoms in total. The third-order valence-corrected chi connectivity index (χ3v) is 3.48. The summed E-state index contributed by atoms with van der Waals surface area (Å²) < 4.78 is 0. The Balaban J connectivity index is 2.47. The zero-order valence-electron chi connectivity index (χ0n) is 9.55. The fourth-order valence-electron chi connectivity index (χ4n) is 2.28. The Labute approximate surface area is 97.0 Å². The molecule has 0 saturated heterocycles. The van der Waals surface area contributed by atoms with Gasteiger partial charge in [0.2, 0.25) is 0 Å². The predicted molar refractivity (Wildman–Crippen MR) is 66.8 cm³/mol. The molecule has 0 N–H and O–H groups in total. The summed E-state index contributed by atoms with van der Waals surface area (Å²) in [6.07, 6.45) is 11.8. The highest BCUT2D eigenvalue weighted by Gasteiger charge is 2.31. The summed E-state index contributed by atoms with van der Waals surface area (Å²) in [5, 5.41) is 0.921. The summed E-state index contributed by atoms with van der Waals surface area (Å²) >= 11 is 6.28. The number of hydrogen-bond donors (Lipinski definition) is 0. The summed E-state index contributed by atoms with van der Waals surface area (Å²) in [5.41, 5.74) is 2.87. The average molecular weight is 221 g/mol. The second-order valence-corrected chi connectivity index (χ2v) is 5.71. The Morgan fingerprint density at radius 1 is 1.27 bits per heavy atom. The minimum Gasteiger partial charge on any atom is -0.0840 e. The van der Waals surface area contributed by atoms with Crippen molar-refractivity contribution >= 4 is 11.6 Å². The molecule has 0 fully saturated rings. The number of halogens is 1. The molecule has 15 heavy (non-hydrogen) atoms. The first-order valence-electron chi connectivity index (χ1n) is 5.45. The van der Waals surface area contributed by atoms with Crippen molar-refractivity contribution in [3.8, 4) is 0 Å². The molecule has 0 aliphatic heterocycles. The Morgan fingerprint density at radius 2 is 2.00 bits per heavy atom. The van der Waals surface area contributed by atoms with Crippen LogP contribution < -0.4 is 0 Å². The summed E-state index contributed by atoms with van der Waals surface area (Å²) in [5.74, 6) is 0.519. The first kappa shape index (κ1) is 10.8. The van der Waals surface area contributed by atoms with Crippen LogP contribution in [0.5, 0.6) is 0 Å². The second kappa shape index (κ2) is 3.68.